The smallest absolute Gasteiger partial charge is 0.387 e. The topological polar surface area (TPSA) is 64.5 Å². The molecule has 1 heterocycles. The first-order valence-corrected chi connectivity index (χ1v) is 4.25. The van der Waals surface area contributed by atoms with Crippen LogP contribution in [-0.2, 0) is 0 Å². The SMILES string of the molecule is OC(NCCC1(O)CNC1)C(F)(F)F. The molecule has 14 heavy (non-hydrogen) atoms. The number of aliphatic hydroxyl groups excluding tert-OH is 1. The molecule has 0 radical (unpaired) electrons. The summed E-state index contributed by atoms with van der Waals surface area (Å²) in [5.41, 5.74) is -0.918. The molecule has 84 valence electrons. The van der Waals surface area contributed by atoms with E-state index >= 15 is 0 Å². The molecule has 0 amide bonds. The molecule has 1 fully saturated rings. The number of β-amino-alcohol motifs (C(OH)–C–C–N with tert-alkyl or cyclic N) is 1. The first-order valence-electron chi connectivity index (χ1n) is 4.25. The van der Waals surface area contributed by atoms with Crippen LogP contribution >= 0.6 is 0 Å². The number of nitrogens with one attached hydrogen (secondary N) is 2. The van der Waals surface area contributed by atoms with Crippen molar-refractivity contribution >= 4 is 0 Å². The second-order valence-corrected chi connectivity index (χ2v) is 3.48. The predicted molar refractivity (Wildman–Crippen MR) is 42.5 cm³/mol. The summed E-state index contributed by atoms with van der Waals surface area (Å²) in [5.74, 6) is 0. The van der Waals surface area contributed by atoms with Crippen molar-refractivity contribution < 1.29 is 23.4 Å². The van der Waals surface area contributed by atoms with E-state index in [1.54, 1.807) is 0 Å². The van der Waals surface area contributed by atoms with Crippen LogP contribution in [0.3, 0.4) is 0 Å². The maximum atomic E-state index is 11.8. The number of hydrogen-bond acceptors (Lipinski definition) is 4. The van der Waals surface area contributed by atoms with Gasteiger partial charge in [0.25, 0.3) is 0 Å². The van der Waals surface area contributed by atoms with Crippen LogP contribution < -0.4 is 10.6 Å². The van der Waals surface area contributed by atoms with Gasteiger partial charge in [-0.1, -0.05) is 0 Å². The number of aliphatic hydroxyl groups is 2. The average Bonchev–Trinajstić information content (AvgIpc) is 1.99. The zero-order valence-corrected chi connectivity index (χ0v) is 7.43. The first kappa shape index (κ1) is 11.7. The van der Waals surface area contributed by atoms with Crippen molar-refractivity contribution in [1.82, 2.24) is 10.6 Å². The lowest BCUT2D eigenvalue weighted by molar-refractivity contribution is -0.214. The Hall–Kier alpha value is -0.370. The highest BCUT2D eigenvalue weighted by Gasteiger charge is 2.39. The summed E-state index contributed by atoms with van der Waals surface area (Å²) in [6, 6.07) is 0. The largest absolute Gasteiger partial charge is 0.427 e. The van der Waals surface area contributed by atoms with E-state index in [1.165, 1.54) is 0 Å². The van der Waals surface area contributed by atoms with E-state index in [2.05, 4.69) is 5.32 Å². The number of alkyl halides is 3. The molecule has 1 aliphatic rings. The Morgan fingerprint density at radius 1 is 1.43 bits per heavy atom. The molecular weight excluding hydrogens is 201 g/mol. The van der Waals surface area contributed by atoms with Gasteiger partial charge in [0.2, 0.25) is 6.23 Å². The summed E-state index contributed by atoms with van der Waals surface area (Å²) in [4.78, 5) is 0. The Bertz CT molecular complexity index is 194. The van der Waals surface area contributed by atoms with Gasteiger partial charge in [0.1, 0.15) is 0 Å². The minimum Gasteiger partial charge on any atom is -0.387 e. The van der Waals surface area contributed by atoms with Gasteiger partial charge in [-0.15, -0.1) is 0 Å². The summed E-state index contributed by atoms with van der Waals surface area (Å²) in [6.45, 7) is 0.701. The van der Waals surface area contributed by atoms with Crippen LogP contribution in [-0.4, -0.2) is 47.9 Å². The second kappa shape index (κ2) is 4.01. The van der Waals surface area contributed by atoms with Crippen molar-refractivity contribution in [2.45, 2.75) is 24.4 Å². The van der Waals surface area contributed by atoms with Crippen LogP contribution in [0.4, 0.5) is 13.2 Å². The van der Waals surface area contributed by atoms with Crippen LogP contribution in [0.1, 0.15) is 6.42 Å². The summed E-state index contributed by atoms with van der Waals surface area (Å²) >= 11 is 0. The molecule has 4 nitrogen and oxygen atoms in total. The summed E-state index contributed by atoms with van der Waals surface area (Å²) in [5, 5.41) is 22.7. The van der Waals surface area contributed by atoms with Gasteiger partial charge >= 0.3 is 6.18 Å². The van der Waals surface area contributed by atoms with Crippen LogP contribution in [0.2, 0.25) is 0 Å². The molecular formula is C7H13F3N2O2. The highest BCUT2D eigenvalue weighted by molar-refractivity contribution is 4.92. The minimum atomic E-state index is -4.65. The molecule has 0 aromatic heterocycles. The maximum Gasteiger partial charge on any atom is 0.427 e. The van der Waals surface area contributed by atoms with Gasteiger partial charge in [0.05, 0.1) is 5.60 Å². The van der Waals surface area contributed by atoms with E-state index in [0.29, 0.717) is 13.1 Å². The fourth-order valence-corrected chi connectivity index (χ4v) is 1.15. The maximum absolute atomic E-state index is 11.8. The van der Waals surface area contributed by atoms with Gasteiger partial charge < -0.3 is 15.5 Å². The van der Waals surface area contributed by atoms with Crippen LogP contribution in [0, 0.1) is 0 Å². The highest BCUT2D eigenvalue weighted by atomic mass is 19.4. The summed E-state index contributed by atoms with van der Waals surface area (Å²) in [7, 11) is 0. The molecule has 4 N–H and O–H groups in total. The van der Waals surface area contributed by atoms with Crippen LogP contribution in [0.25, 0.3) is 0 Å². The molecule has 0 aliphatic carbocycles. The molecule has 0 spiro atoms. The third kappa shape index (κ3) is 3.09. The number of hydrogen-bond donors (Lipinski definition) is 4. The van der Waals surface area contributed by atoms with Gasteiger partial charge in [-0.05, 0) is 6.42 Å². The van der Waals surface area contributed by atoms with Crippen molar-refractivity contribution in [2.75, 3.05) is 19.6 Å². The normalized spacial score (nSPS) is 22.9. The molecule has 1 rings (SSSR count). The minimum absolute atomic E-state index is 0.0706. The molecule has 0 bridgehead atoms. The molecule has 0 aromatic carbocycles. The molecule has 1 aliphatic heterocycles. The van der Waals surface area contributed by atoms with Gasteiger partial charge in [0, 0.05) is 19.6 Å². The Balaban J connectivity index is 2.15. The Morgan fingerprint density at radius 2 is 2.00 bits per heavy atom. The third-order valence-electron chi connectivity index (χ3n) is 2.15. The van der Waals surface area contributed by atoms with Crippen molar-refractivity contribution in [3.05, 3.63) is 0 Å². The standard InChI is InChI=1S/C7H13F3N2O2/c8-7(9,10)5(13)12-2-1-6(14)3-11-4-6/h5,11-14H,1-4H2. The van der Waals surface area contributed by atoms with Crippen molar-refractivity contribution in [3.63, 3.8) is 0 Å². The Morgan fingerprint density at radius 3 is 2.36 bits per heavy atom. The highest BCUT2D eigenvalue weighted by Crippen LogP contribution is 2.19. The third-order valence-corrected chi connectivity index (χ3v) is 2.15. The van der Waals surface area contributed by atoms with Crippen molar-refractivity contribution in [3.8, 4) is 0 Å². The monoisotopic (exact) mass is 214 g/mol. The zero-order chi connectivity index (χ0) is 10.8. The fourth-order valence-electron chi connectivity index (χ4n) is 1.15. The number of halogens is 3. The quantitative estimate of drug-likeness (QED) is 0.462. The van der Waals surface area contributed by atoms with Crippen LogP contribution in [0.5, 0.6) is 0 Å². The van der Waals surface area contributed by atoms with Gasteiger partial charge in [-0.25, -0.2) is 0 Å². The van der Waals surface area contributed by atoms with E-state index in [-0.39, 0.29) is 13.0 Å². The number of rotatable bonds is 4. The lowest BCUT2D eigenvalue weighted by atomic mass is 9.93. The molecule has 7 heteroatoms. The van der Waals surface area contributed by atoms with Crippen LogP contribution in [0.15, 0.2) is 0 Å². The first-order chi connectivity index (χ1) is 6.33. The second-order valence-electron chi connectivity index (χ2n) is 3.48. The fraction of sp³-hybridized carbons (Fsp3) is 1.00. The molecule has 0 aromatic rings. The Kier molecular flexibility index (Phi) is 3.36. The lowest BCUT2D eigenvalue weighted by Crippen LogP contribution is -2.60. The van der Waals surface area contributed by atoms with Gasteiger partial charge in [0.15, 0.2) is 0 Å². The van der Waals surface area contributed by atoms with Crippen molar-refractivity contribution in [2.24, 2.45) is 0 Å². The Labute approximate surface area is 79.1 Å². The van der Waals surface area contributed by atoms with E-state index in [1.807, 2.05) is 5.32 Å². The molecule has 1 saturated heterocycles. The molecule has 1 atom stereocenters. The lowest BCUT2D eigenvalue weighted by Gasteiger charge is -2.37. The zero-order valence-electron chi connectivity index (χ0n) is 7.43. The van der Waals surface area contributed by atoms with Gasteiger partial charge in [-0.2, -0.15) is 13.2 Å². The van der Waals surface area contributed by atoms with E-state index in [4.69, 9.17) is 5.11 Å². The van der Waals surface area contributed by atoms with Crippen molar-refractivity contribution in [1.29, 1.82) is 0 Å². The summed E-state index contributed by atoms with van der Waals surface area (Å²) < 4.78 is 35.3. The molecule has 1 unspecified atom stereocenters. The van der Waals surface area contributed by atoms with Gasteiger partial charge in [-0.3, -0.25) is 5.32 Å². The van der Waals surface area contributed by atoms with E-state index < -0.39 is 18.0 Å². The van der Waals surface area contributed by atoms with E-state index in [0.717, 1.165) is 0 Å². The predicted octanol–water partition coefficient (Wildman–Crippen LogP) is -0.819. The molecule has 0 saturated carbocycles. The average molecular weight is 214 g/mol. The van der Waals surface area contributed by atoms with E-state index in [9.17, 15) is 18.3 Å². The summed E-state index contributed by atoms with van der Waals surface area (Å²) in [6.07, 6.45) is -6.98.